The van der Waals surface area contributed by atoms with Gasteiger partial charge in [-0.3, -0.25) is 0 Å². The lowest BCUT2D eigenvalue weighted by Gasteiger charge is -2.45. The van der Waals surface area contributed by atoms with E-state index in [4.69, 9.17) is 5.73 Å². The average molecular weight is 480 g/mol. The summed E-state index contributed by atoms with van der Waals surface area (Å²) >= 11 is 0. The topological polar surface area (TPSA) is 26.0 Å². The summed E-state index contributed by atoms with van der Waals surface area (Å²) in [5, 5.41) is 3.12. The van der Waals surface area contributed by atoms with Gasteiger partial charge in [0.1, 0.15) is 0 Å². The fraction of sp³-hybridized carbons (Fsp3) is 0.600. The fourth-order valence-electron chi connectivity index (χ4n) is 7.16. The fourth-order valence-corrected chi connectivity index (χ4v) is 14.8. The molecule has 3 aliphatic rings. The molecule has 3 aliphatic carbocycles. The van der Waals surface area contributed by atoms with Crippen LogP contribution >= 0.6 is 15.8 Å². The number of hydrogen-bond donors (Lipinski definition) is 1. The van der Waals surface area contributed by atoms with Gasteiger partial charge >= 0.3 is 0 Å². The molecule has 0 bridgehead atoms. The van der Waals surface area contributed by atoms with Crippen LogP contribution in [0.3, 0.4) is 0 Å². The lowest BCUT2D eigenvalue weighted by Crippen LogP contribution is -2.40. The molecule has 5 rings (SSSR count). The maximum atomic E-state index is 7.51. The first-order chi connectivity index (χ1) is 16.3. The van der Waals surface area contributed by atoms with E-state index in [2.05, 4.69) is 60.7 Å². The molecule has 2 N–H and O–H groups in total. The van der Waals surface area contributed by atoms with Crippen LogP contribution in [0.2, 0.25) is 0 Å². The maximum Gasteiger partial charge on any atom is 0.0282 e. The first kappa shape index (κ1) is 24.0. The highest BCUT2D eigenvalue weighted by atomic mass is 31.1. The molecular formula is C30H43NP2. The molecule has 3 atom stereocenters. The summed E-state index contributed by atoms with van der Waals surface area (Å²) in [7, 11) is -0.423. The number of benzene rings is 2. The Labute approximate surface area is 204 Å². The van der Waals surface area contributed by atoms with Crippen molar-refractivity contribution >= 4 is 26.5 Å². The van der Waals surface area contributed by atoms with Crippen LogP contribution in [0.5, 0.6) is 0 Å². The summed E-state index contributed by atoms with van der Waals surface area (Å²) in [5.74, 6) is 1.17. The Morgan fingerprint density at radius 3 is 1.55 bits per heavy atom. The van der Waals surface area contributed by atoms with E-state index in [1.165, 1.54) is 83.5 Å². The van der Waals surface area contributed by atoms with Crippen LogP contribution in [0.15, 0.2) is 60.7 Å². The molecule has 0 aliphatic heterocycles. The molecule has 178 valence electrons. The quantitative estimate of drug-likeness (QED) is 0.404. The highest BCUT2D eigenvalue weighted by Gasteiger charge is 2.44. The normalized spacial score (nSPS) is 26.2. The molecule has 33 heavy (non-hydrogen) atoms. The van der Waals surface area contributed by atoms with E-state index >= 15 is 0 Å². The summed E-state index contributed by atoms with van der Waals surface area (Å²) in [6, 6.07) is 22.9. The summed E-state index contributed by atoms with van der Waals surface area (Å²) < 4.78 is 0. The molecule has 2 aromatic carbocycles. The molecule has 0 radical (unpaired) electrons. The van der Waals surface area contributed by atoms with Gasteiger partial charge in [0.25, 0.3) is 0 Å². The molecule has 0 heterocycles. The smallest absolute Gasteiger partial charge is 0.0282 e. The van der Waals surface area contributed by atoms with E-state index in [1.54, 1.807) is 10.6 Å². The molecular weight excluding hydrogens is 436 g/mol. The summed E-state index contributed by atoms with van der Waals surface area (Å²) in [6.45, 7) is 0. The monoisotopic (exact) mass is 479 g/mol. The van der Waals surface area contributed by atoms with Gasteiger partial charge < -0.3 is 5.73 Å². The molecule has 0 amide bonds. The average Bonchev–Trinajstić information content (AvgIpc) is 3.36. The summed E-state index contributed by atoms with van der Waals surface area (Å²) in [5.41, 5.74) is 10.2. The highest BCUT2D eigenvalue weighted by molar-refractivity contribution is 7.73. The van der Waals surface area contributed by atoms with Gasteiger partial charge in [-0.25, -0.2) is 0 Å². The second kappa shape index (κ2) is 11.8. The van der Waals surface area contributed by atoms with E-state index in [0.29, 0.717) is 11.7 Å². The van der Waals surface area contributed by atoms with Crippen molar-refractivity contribution in [3.63, 3.8) is 0 Å². The zero-order valence-corrected chi connectivity index (χ0v) is 22.1. The largest absolute Gasteiger partial charge is 0.324 e. The molecule has 0 saturated heterocycles. The first-order valence-corrected chi connectivity index (χ1v) is 16.7. The van der Waals surface area contributed by atoms with Crippen LogP contribution in [-0.2, 0) is 0 Å². The van der Waals surface area contributed by atoms with Crippen molar-refractivity contribution in [2.24, 2.45) is 11.7 Å². The Bertz CT molecular complexity index is 771. The van der Waals surface area contributed by atoms with Crippen LogP contribution in [0, 0.1) is 5.92 Å². The van der Waals surface area contributed by atoms with E-state index in [0.717, 1.165) is 17.0 Å². The zero-order valence-electron chi connectivity index (χ0n) is 20.3. The van der Waals surface area contributed by atoms with Gasteiger partial charge in [-0.1, -0.05) is 114 Å². The Balaban J connectivity index is 1.45. The lowest BCUT2D eigenvalue weighted by molar-refractivity contribution is 0.463. The van der Waals surface area contributed by atoms with Crippen molar-refractivity contribution in [1.29, 1.82) is 0 Å². The van der Waals surface area contributed by atoms with E-state index in [-0.39, 0.29) is 15.8 Å². The van der Waals surface area contributed by atoms with Gasteiger partial charge in [0.05, 0.1) is 0 Å². The molecule has 2 aromatic rings. The van der Waals surface area contributed by atoms with Crippen LogP contribution in [0.4, 0.5) is 0 Å². The van der Waals surface area contributed by atoms with Gasteiger partial charge in [-0.15, -0.1) is 0 Å². The standard InChI is InChI=1S/C30H43NP2/c31-30(33(26-18-9-3-10-19-26)27-20-11-4-12-21-27)28-22-13-23-29(28)32(24-14-5-1-6-15-24)25-16-7-2-8-17-25/h1-2,5-8,14-17,26-30H,3-4,9-13,18-23,31H2/t28?,29?,30-/m0/s1. The third-order valence-electron chi connectivity index (χ3n) is 8.71. The zero-order chi connectivity index (χ0) is 22.5. The molecule has 1 nitrogen and oxygen atoms in total. The van der Waals surface area contributed by atoms with E-state index < -0.39 is 0 Å². The van der Waals surface area contributed by atoms with Crippen molar-refractivity contribution in [3.05, 3.63) is 60.7 Å². The van der Waals surface area contributed by atoms with Gasteiger partial charge in [0, 0.05) is 5.78 Å². The Hall–Kier alpha value is -0.740. The van der Waals surface area contributed by atoms with Crippen LogP contribution in [0.25, 0.3) is 0 Å². The molecule has 3 fully saturated rings. The molecule has 3 heteroatoms. The first-order valence-electron chi connectivity index (χ1n) is 13.8. The number of rotatable bonds is 7. The van der Waals surface area contributed by atoms with E-state index in [1.807, 2.05) is 0 Å². The van der Waals surface area contributed by atoms with Crippen LogP contribution < -0.4 is 16.3 Å². The van der Waals surface area contributed by atoms with Crippen molar-refractivity contribution in [2.75, 3.05) is 0 Å². The Morgan fingerprint density at radius 1 is 0.576 bits per heavy atom. The minimum absolute atomic E-state index is 0.0703. The third kappa shape index (κ3) is 5.58. The third-order valence-corrected chi connectivity index (χ3v) is 15.5. The number of nitrogens with two attached hydrogens (primary N) is 1. The van der Waals surface area contributed by atoms with Crippen molar-refractivity contribution in [2.45, 2.75) is 106 Å². The van der Waals surface area contributed by atoms with Gasteiger partial charge in [-0.2, -0.15) is 0 Å². The van der Waals surface area contributed by atoms with Gasteiger partial charge in [0.15, 0.2) is 0 Å². The minimum atomic E-state index is -0.353. The summed E-state index contributed by atoms with van der Waals surface area (Å²) in [6.07, 6.45) is 18.7. The van der Waals surface area contributed by atoms with Crippen LogP contribution in [0.1, 0.15) is 83.5 Å². The van der Waals surface area contributed by atoms with Crippen molar-refractivity contribution in [1.82, 2.24) is 0 Å². The minimum Gasteiger partial charge on any atom is -0.324 e. The van der Waals surface area contributed by atoms with Crippen LogP contribution in [-0.4, -0.2) is 22.8 Å². The van der Waals surface area contributed by atoms with Gasteiger partial charge in [0.2, 0.25) is 0 Å². The molecule has 0 aromatic heterocycles. The van der Waals surface area contributed by atoms with Gasteiger partial charge in [-0.05, 0) is 80.0 Å². The maximum absolute atomic E-state index is 7.51. The SMILES string of the molecule is N[C@H](C1CCCC1P(c1ccccc1)c1ccccc1)P(C1CCCCC1)C1CCCCC1. The molecule has 3 saturated carbocycles. The van der Waals surface area contributed by atoms with Crippen molar-refractivity contribution in [3.8, 4) is 0 Å². The predicted molar refractivity (Wildman–Crippen MR) is 149 cm³/mol. The second-order valence-corrected chi connectivity index (χ2v) is 16.1. The highest BCUT2D eigenvalue weighted by Crippen LogP contribution is 2.63. The lowest BCUT2D eigenvalue weighted by atomic mass is 9.99. The Morgan fingerprint density at radius 2 is 1.06 bits per heavy atom. The van der Waals surface area contributed by atoms with E-state index in [9.17, 15) is 0 Å². The predicted octanol–water partition coefficient (Wildman–Crippen LogP) is 7.72. The van der Waals surface area contributed by atoms with Crippen molar-refractivity contribution < 1.29 is 0 Å². The number of hydrogen-bond acceptors (Lipinski definition) is 1. The summed E-state index contributed by atoms with van der Waals surface area (Å²) in [4.78, 5) is 0. The second-order valence-electron chi connectivity index (χ2n) is 10.7. The Kier molecular flexibility index (Phi) is 8.57. The molecule has 0 spiro atoms. The molecule has 2 unspecified atom stereocenters.